The minimum atomic E-state index is -4.09. The third kappa shape index (κ3) is 4.11. The molecule has 1 aliphatic carbocycles. The molecule has 7 N–H and O–H groups in total. The normalized spacial score (nSPS) is 31.5. The highest BCUT2D eigenvalue weighted by Crippen LogP contribution is 2.45. The first-order valence-electron chi connectivity index (χ1n) is 8.98. The molecule has 2 fully saturated rings. The predicted octanol–water partition coefficient (Wildman–Crippen LogP) is -2.43. The first-order chi connectivity index (χ1) is 14.1. The number of nitrogens with zero attached hydrogens (tertiary/aromatic N) is 2. The van der Waals surface area contributed by atoms with Crippen molar-refractivity contribution < 1.29 is 54.5 Å². The van der Waals surface area contributed by atoms with Gasteiger partial charge in [0.1, 0.15) is 6.17 Å². The van der Waals surface area contributed by atoms with Crippen LogP contribution in [0.1, 0.15) is 24.8 Å². The van der Waals surface area contributed by atoms with Crippen LogP contribution in [0.2, 0.25) is 0 Å². The Balaban J connectivity index is 2.04. The summed E-state index contributed by atoms with van der Waals surface area (Å²) in [4.78, 5) is 10.0. The quantitative estimate of drug-likeness (QED) is 0.109. The maximum Gasteiger partial charge on any atom is 0.360 e. The number of rotatable bonds is 5. The van der Waals surface area contributed by atoms with Crippen LogP contribution in [0.5, 0.6) is 0 Å². The fourth-order valence-corrected chi connectivity index (χ4v) is 3.46. The summed E-state index contributed by atoms with van der Waals surface area (Å²) in [6, 6.07) is 2.56. The second-order valence-corrected chi connectivity index (χ2v) is 7.47. The molecule has 1 aromatic carbocycles. The largest absolute Gasteiger partial charge is 0.373 e. The van der Waals surface area contributed by atoms with E-state index in [1.165, 1.54) is 0 Å². The van der Waals surface area contributed by atoms with Gasteiger partial charge in [0.15, 0.2) is 13.5 Å². The van der Waals surface area contributed by atoms with Crippen LogP contribution in [-0.4, -0.2) is 84.3 Å². The number of benzene rings is 1. The summed E-state index contributed by atoms with van der Waals surface area (Å²) in [5, 5.41) is 81.5. The second kappa shape index (κ2) is 7.58. The highest BCUT2D eigenvalue weighted by atomic mass is 19.1. The van der Waals surface area contributed by atoms with E-state index in [1.54, 1.807) is 0 Å². The van der Waals surface area contributed by atoms with E-state index in [0.29, 0.717) is 12.5 Å². The summed E-state index contributed by atoms with van der Waals surface area (Å²) in [7, 11) is 5.13. The molecule has 3 rings (SSSR count). The van der Waals surface area contributed by atoms with Crippen LogP contribution < -0.4 is 4.90 Å². The summed E-state index contributed by atoms with van der Waals surface area (Å²) in [6.45, 7) is -0.319. The lowest BCUT2D eigenvalue weighted by Gasteiger charge is -2.57. The summed E-state index contributed by atoms with van der Waals surface area (Å²) in [5.41, 5.74) is -5.22. The molecule has 170 valence electrons. The van der Waals surface area contributed by atoms with E-state index in [1.807, 2.05) is 0 Å². The van der Waals surface area contributed by atoms with Crippen molar-refractivity contribution in [1.29, 1.82) is 0 Å². The lowest BCUT2D eigenvalue weighted by Crippen LogP contribution is -2.85. The zero-order valence-corrected chi connectivity index (χ0v) is 15.8. The number of nitro benzene ring substituents is 1. The fraction of sp³-hybridized carbons (Fsp3) is 0.625. The Morgan fingerprint density at radius 1 is 1.16 bits per heavy atom. The van der Waals surface area contributed by atoms with Gasteiger partial charge in [-0.2, -0.15) is 0 Å². The Bertz CT molecular complexity index is 840. The topological polar surface area (TPSA) is 206 Å². The van der Waals surface area contributed by atoms with Gasteiger partial charge in [0.25, 0.3) is 11.6 Å². The van der Waals surface area contributed by atoms with Gasteiger partial charge in [-0.25, -0.2) is 4.39 Å². The first-order valence-corrected chi connectivity index (χ1v) is 8.98. The molecule has 0 amide bonds. The molecule has 1 saturated heterocycles. The lowest BCUT2D eigenvalue weighted by molar-refractivity contribution is -0.551. The molecule has 0 aromatic heterocycles. The molecule has 0 bridgehead atoms. The second-order valence-electron chi connectivity index (χ2n) is 7.47. The molecule has 1 saturated carbocycles. The number of alkyl halides is 1. The van der Waals surface area contributed by atoms with Gasteiger partial charge in [-0.05, 0) is 24.5 Å². The number of hydrogen-bond donors (Lipinski definition) is 7. The van der Waals surface area contributed by atoms with E-state index in [-0.39, 0.29) is 25.0 Å². The van der Waals surface area contributed by atoms with Crippen molar-refractivity contribution in [1.82, 2.24) is 0 Å². The van der Waals surface area contributed by atoms with Gasteiger partial charge in [-0.1, -0.05) is 0 Å². The molecular formula is C16H20BFN2O11. The Labute approximate surface area is 175 Å². The Morgan fingerprint density at radius 2 is 1.81 bits per heavy atom. The van der Waals surface area contributed by atoms with Gasteiger partial charge in [0.2, 0.25) is 0 Å². The van der Waals surface area contributed by atoms with E-state index < -0.39 is 57.0 Å². The SMILES string of the molecule is [B]C1(O)OC(O)(O)C(O)(O)N(c2cc(COC3CCC(F)C3)cc([N+](=O)[O-])c2)C1(O)O. The number of morpholine rings is 1. The first kappa shape index (κ1) is 23.7. The summed E-state index contributed by atoms with van der Waals surface area (Å²) in [6.07, 6.45) is -0.690. The van der Waals surface area contributed by atoms with Gasteiger partial charge in [0.05, 0.1) is 23.3 Å². The Morgan fingerprint density at radius 3 is 2.35 bits per heavy atom. The van der Waals surface area contributed by atoms with Crippen LogP contribution in [0.15, 0.2) is 18.2 Å². The fourth-order valence-electron chi connectivity index (χ4n) is 3.46. The number of hydrogen-bond acceptors (Lipinski definition) is 12. The smallest absolute Gasteiger partial charge is 0.360 e. The Hall–Kier alpha value is -1.95. The van der Waals surface area contributed by atoms with Crippen LogP contribution in [0.4, 0.5) is 15.8 Å². The maximum absolute atomic E-state index is 13.3. The molecule has 2 aliphatic rings. The van der Waals surface area contributed by atoms with Gasteiger partial charge in [-0.3, -0.25) is 19.8 Å². The van der Waals surface area contributed by atoms with E-state index in [4.69, 9.17) is 12.6 Å². The van der Waals surface area contributed by atoms with Crippen molar-refractivity contribution >= 4 is 19.2 Å². The number of anilines is 1. The minimum absolute atomic E-state index is 0.00774. The summed E-state index contributed by atoms with van der Waals surface area (Å²) < 4.78 is 22.8. The van der Waals surface area contributed by atoms with Crippen molar-refractivity contribution in [2.24, 2.45) is 0 Å². The molecule has 13 nitrogen and oxygen atoms in total. The lowest BCUT2D eigenvalue weighted by atomic mass is 9.86. The average molecular weight is 446 g/mol. The van der Waals surface area contributed by atoms with Crippen molar-refractivity contribution in [2.45, 2.75) is 61.6 Å². The van der Waals surface area contributed by atoms with Crippen molar-refractivity contribution in [3.63, 3.8) is 0 Å². The number of non-ortho nitro benzene ring substituents is 1. The van der Waals surface area contributed by atoms with Crippen molar-refractivity contribution in [3.8, 4) is 0 Å². The number of ether oxygens (including phenoxy) is 2. The van der Waals surface area contributed by atoms with Crippen LogP contribution in [0.3, 0.4) is 0 Å². The van der Waals surface area contributed by atoms with Crippen LogP contribution in [-0.2, 0) is 16.1 Å². The van der Waals surface area contributed by atoms with Crippen LogP contribution >= 0.6 is 0 Å². The van der Waals surface area contributed by atoms with Gasteiger partial charge >= 0.3 is 11.9 Å². The molecular weight excluding hydrogens is 426 g/mol. The zero-order valence-electron chi connectivity index (χ0n) is 15.8. The molecule has 3 atom stereocenters. The maximum atomic E-state index is 13.3. The van der Waals surface area contributed by atoms with Crippen molar-refractivity contribution in [3.05, 3.63) is 33.9 Å². The standard InChI is InChI=1S/C16H20BFN2O11/c17-13(21)14(22,23)19(15(24,25)16(26,27)31-13)10-3-8(4-11(6-10)20(28)29)7-30-12-2-1-9(18)5-12/h3-4,6,9,12,21-27H,1-2,5,7H2. The molecule has 1 aliphatic heterocycles. The summed E-state index contributed by atoms with van der Waals surface area (Å²) in [5.74, 6) is -12.1. The third-order valence-electron chi connectivity index (χ3n) is 5.08. The predicted molar refractivity (Wildman–Crippen MR) is 96.2 cm³/mol. The molecule has 1 heterocycles. The molecule has 2 radical (unpaired) electrons. The third-order valence-corrected chi connectivity index (χ3v) is 5.08. The number of nitro groups is 1. The molecule has 0 spiro atoms. The van der Waals surface area contributed by atoms with Crippen LogP contribution in [0, 0.1) is 10.1 Å². The zero-order chi connectivity index (χ0) is 23.4. The van der Waals surface area contributed by atoms with E-state index in [0.717, 1.165) is 12.1 Å². The number of halogens is 1. The monoisotopic (exact) mass is 446 g/mol. The summed E-state index contributed by atoms with van der Waals surface area (Å²) >= 11 is 0. The minimum Gasteiger partial charge on any atom is -0.373 e. The van der Waals surface area contributed by atoms with E-state index >= 15 is 0 Å². The van der Waals surface area contributed by atoms with E-state index in [2.05, 4.69) is 4.74 Å². The Kier molecular flexibility index (Phi) is 5.80. The van der Waals surface area contributed by atoms with Crippen molar-refractivity contribution in [2.75, 3.05) is 4.90 Å². The number of aliphatic hydroxyl groups is 7. The van der Waals surface area contributed by atoms with E-state index in [9.17, 15) is 50.3 Å². The average Bonchev–Trinajstić information content (AvgIpc) is 3.02. The van der Waals surface area contributed by atoms with Crippen LogP contribution in [0.25, 0.3) is 0 Å². The molecule has 3 unspecified atom stereocenters. The van der Waals surface area contributed by atoms with Gasteiger partial charge < -0.3 is 40.5 Å². The molecule has 1 aromatic rings. The molecule has 15 heteroatoms. The van der Waals surface area contributed by atoms with Gasteiger partial charge in [-0.15, -0.1) is 0 Å². The highest BCUT2D eigenvalue weighted by Gasteiger charge is 2.72. The highest BCUT2D eigenvalue weighted by molar-refractivity contribution is 6.14. The van der Waals surface area contributed by atoms with Gasteiger partial charge in [0, 0.05) is 18.6 Å². The molecule has 31 heavy (non-hydrogen) atoms.